The highest BCUT2D eigenvalue weighted by Gasteiger charge is 2.10. The van der Waals surface area contributed by atoms with Crippen molar-refractivity contribution in [1.82, 2.24) is 0 Å². The smallest absolute Gasteiger partial charge is 0.365 e. The highest BCUT2D eigenvalue weighted by Crippen LogP contribution is 2.28. The van der Waals surface area contributed by atoms with E-state index in [0.717, 1.165) is 10.0 Å². The maximum Gasteiger partial charge on any atom is 0.365 e. The van der Waals surface area contributed by atoms with Crippen LogP contribution in [0.4, 0.5) is 5.69 Å². The molecule has 3 aromatic carbocycles. The molecule has 0 saturated heterocycles. The zero-order valence-corrected chi connectivity index (χ0v) is 18.2. The molecule has 158 valence electrons. The van der Waals surface area contributed by atoms with Gasteiger partial charge >= 0.3 is 5.97 Å². The second kappa shape index (κ2) is 10.1. The van der Waals surface area contributed by atoms with Gasteiger partial charge in [-0.25, -0.2) is 4.79 Å². The van der Waals surface area contributed by atoms with Crippen LogP contribution >= 0.6 is 27.5 Å². The summed E-state index contributed by atoms with van der Waals surface area (Å²) in [6.45, 7) is 0.266. The largest absolute Gasteiger partial charge is 0.487 e. The van der Waals surface area contributed by atoms with Crippen LogP contribution in [0.1, 0.15) is 21.5 Å². The molecule has 3 rings (SSSR count). The Morgan fingerprint density at radius 2 is 1.71 bits per heavy atom. The summed E-state index contributed by atoms with van der Waals surface area (Å²) in [5.74, 6) is -0.239. The fraction of sp³-hybridized carbons (Fsp3) is 0.0476. The van der Waals surface area contributed by atoms with Gasteiger partial charge < -0.3 is 15.3 Å². The Kier molecular flexibility index (Phi) is 7.22. The van der Waals surface area contributed by atoms with E-state index in [4.69, 9.17) is 26.9 Å². The number of hydrogen-bond acceptors (Lipinski definition) is 6. The number of nitro groups is 1. The second-order valence-electron chi connectivity index (χ2n) is 6.22. The van der Waals surface area contributed by atoms with Crippen LogP contribution in [0.3, 0.4) is 0 Å². The number of hydrogen-bond donors (Lipinski definition) is 1. The van der Waals surface area contributed by atoms with Crippen LogP contribution in [-0.4, -0.2) is 16.7 Å². The number of rotatable bonds is 7. The van der Waals surface area contributed by atoms with Gasteiger partial charge in [-0.2, -0.15) is 0 Å². The zero-order valence-electron chi connectivity index (χ0n) is 15.8. The van der Waals surface area contributed by atoms with E-state index in [1.54, 1.807) is 36.4 Å². The van der Waals surface area contributed by atoms with E-state index in [9.17, 15) is 14.9 Å². The number of oxime groups is 1. The summed E-state index contributed by atoms with van der Waals surface area (Å²) in [5.41, 5.74) is 7.16. The predicted octanol–water partition coefficient (Wildman–Crippen LogP) is 5.07. The molecule has 0 bridgehead atoms. The first-order chi connectivity index (χ1) is 14.8. The van der Waals surface area contributed by atoms with Crippen molar-refractivity contribution >= 4 is 45.0 Å². The number of nitrogens with zero attached hydrogens (tertiary/aromatic N) is 2. The van der Waals surface area contributed by atoms with Crippen LogP contribution in [0.15, 0.2) is 76.4 Å². The molecule has 0 saturated carbocycles. The maximum atomic E-state index is 12.2. The van der Waals surface area contributed by atoms with E-state index in [2.05, 4.69) is 21.1 Å². The average molecular weight is 505 g/mol. The number of halogens is 2. The van der Waals surface area contributed by atoms with Crippen molar-refractivity contribution in [3.05, 3.63) is 103 Å². The molecular weight excluding hydrogens is 490 g/mol. The molecular formula is C21H15BrClN3O5. The first-order valence-electron chi connectivity index (χ1n) is 8.80. The number of carbonyl (C=O) groups excluding carboxylic acids is 1. The second-order valence-corrected chi connectivity index (χ2v) is 7.54. The van der Waals surface area contributed by atoms with E-state index in [-0.39, 0.29) is 23.7 Å². The molecule has 0 aliphatic rings. The van der Waals surface area contributed by atoms with Gasteiger partial charge in [0.05, 0.1) is 15.5 Å². The minimum atomic E-state index is -0.701. The van der Waals surface area contributed by atoms with Gasteiger partial charge in [-0.3, -0.25) is 10.1 Å². The molecule has 31 heavy (non-hydrogen) atoms. The number of non-ortho nitro benzene ring substituents is 1. The minimum Gasteiger partial charge on any atom is -0.487 e. The lowest BCUT2D eigenvalue weighted by atomic mass is 10.1. The molecule has 8 nitrogen and oxygen atoms in total. The number of ether oxygens (including phenoxy) is 1. The third-order valence-electron chi connectivity index (χ3n) is 4.08. The number of nitro benzene ring substituents is 1. The lowest BCUT2D eigenvalue weighted by Gasteiger charge is -2.08. The quantitative estimate of drug-likeness (QED) is 0.158. The monoisotopic (exact) mass is 503 g/mol. The number of benzene rings is 3. The van der Waals surface area contributed by atoms with Crippen molar-refractivity contribution in [1.29, 1.82) is 0 Å². The van der Waals surface area contributed by atoms with E-state index in [0.29, 0.717) is 16.3 Å². The van der Waals surface area contributed by atoms with Crippen molar-refractivity contribution in [3.63, 3.8) is 0 Å². The van der Waals surface area contributed by atoms with E-state index >= 15 is 0 Å². The summed E-state index contributed by atoms with van der Waals surface area (Å²) in [5, 5.41) is 14.8. The van der Waals surface area contributed by atoms with Crippen molar-refractivity contribution < 1.29 is 19.3 Å². The van der Waals surface area contributed by atoms with Gasteiger partial charge in [0.2, 0.25) is 0 Å². The Labute approximate surface area is 190 Å². The topological polar surface area (TPSA) is 117 Å². The van der Waals surface area contributed by atoms with Crippen molar-refractivity contribution in [2.24, 2.45) is 10.9 Å². The van der Waals surface area contributed by atoms with Gasteiger partial charge in [0, 0.05) is 22.2 Å². The predicted molar refractivity (Wildman–Crippen MR) is 119 cm³/mol. The molecule has 0 fully saturated rings. The molecule has 0 heterocycles. The lowest BCUT2D eigenvalue weighted by Crippen LogP contribution is -2.15. The van der Waals surface area contributed by atoms with Crippen molar-refractivity contribution in [2.45, 2.75) is 6.61 Å². The zero-order chi connectivity index (χ0) is 22.4. The number of carbonyl (C=O) groups is 1. The number of amidine groups is 1. The van der Waals surface area contributed by atoms with Crippen molar-refractivity contribution in [3.8, 4) is 5.75 Å². The molecule has 0 aliphatic carbocycles. The van der Waals surface area contributed by atoms with Gasteiger partial charge in [0.1, 0.15) is 12.4 Å². The van der Waals surface area contributed by atoms with Gasteiger partial charge in [-0.1, -0.05) is 44.8 Å². The molecule has 10 heteroatoms. The summed E-state index contributed by atoms with van der Waals surface area (Å²) in [7, 11) is 0. The fourth-order valence-corrected chi connectivity index (χ4v) is 3.17. The van der Waals surface area contributed by atoms with Gasteiger partial charge in [-0.15, -0.1) is 0 Å². The van der Waals surface area contributed by atoms with Gasteiger partial charge in [-0.05, 0) is 48.0 Å². The summed E-state index contributed by atoms with van der Waals surface area (Å²) >= 11 is 9.45. The Morgan fingerprint density at radius 1 is 1.06 bits per heavy atom. The van der Waals surface area contributed by atoms with Gasteiger partial charge in [0.25, 0.3) is 5.69 Å². The average Bonchev–Trinajstić information content (AvgIpc) is 2.77. The van der Waals surface area contributed by atoms with Crippen molar-refractivity contribution in [2.75, 3.05) is 0 Å². The maximum absolute atomic E-state index is 12.2. The van der Waals surface area contributed by atoms with Crippen LogP contribution in [-0.2, 0) is 11.4 Å². The Bertz CT molecular complexity index is 1130. The Morgan fingerprint density at radius 3 is 2.32 bits per heavy atom. The first kappa shape index (κ1) is 22.3. The summed E-state index contributed by atoms with van der Waals surface area (Å²) in [4.78, 5) is 27.2. The van der Waals surface area contributed by atoms with E-state index in [1.165, 1.54) is 24.3 Å². The highest BCUT2D eigenvalue weighted by molar-refractivity contribution is 9.10. The SMILES string of the molecule is N/C(=N\OC(=O)c1ccc(COc2ccc(Br)cc2Cl)cc1)c1ccc([N+](=O)[O-])cc1. The molecule has 0 atom stereocenters. The molecule has 0 spiro atoms. The van der Waals surface area contributed by atoms with Gasteiger partial charge in [0.15, 0.2) is 5.84 Å². The summed E-state index contributed by atoms with van der Waals surface area (Å²) < 4.78 is 6.53. The van der Waals surface area contributed by atoms with Crippen LogP contribution in [0.5, 0.6) is 5.75 Å². The third-order valence-corrected chi connectivity index (χ3v) is 4.87. The van der Waals surface area contributed by atoms with Crippen LogP contribution in [0.2, 0.25) is 5.02 Å². The molecule has 0 aliphatic heterocycles. The standard InChI is InChI=1S/C21H15BrClN3O5/c22-16-7-10-19(18(23)11-16)30-12-13-1-3-15(4-2-13)21(27)31-25-20(24)14-5-8-17(9-6-14)26(28)29/h1-11H,12H2,(H2,24,25). The lowest BCUT2D eigenvalue weighted by molar-refractivity contribution is -0.384. The van der Waals surface area contributed by atoms with Crippen LogP contribution in [0, 0.1) is 10.1 Å². The molecule has 2 N–H and O–H groups in total. The highest BCUT2D eigenvalue weighted by atomic mass is 79.9. The first-order valence-corrected chi connectivity index (χ1v) is 9.97. The molecule has 0 unspecified atom stereocenters. The van der Waals surface area contributed by atoms with Crippen LogP contribution < -0.4 is 10.5 Å². The Balaban J connectivity index is 1.58. The van der Waals surface area contributed by atoms with E-state index < -0.39 is 10.9 Å². The number of nitrogens with two attached hydrogens (primary N) is 1. The third kappa shape index (κ3) is 6.03. The molecule has 0 aromatic heterocycles. The molecule has 3 aromatic rings. The van der Waals surface area contributed by atoms with E-state index in [1.807, 2.05) is 6.07 Å². The fourth-order valence-electron chi connectivity index (χ4n) is 2.44. The Hall–Kier alpha value is -3.43. The normalized spacial score (nSPS) is 11.1. The minimum absolute atomic E-state index is 0.0833. The van der Waals surface area contributed by atoms with Crippen LogP contribution in [0.25, 0.3) is 0 Å². The molecule has 0 amide bonds. The summed E-state index contributed by atoms with van der Waals surface area (Å²) in [6.07, 6.45) is 0. The summed E-state index contributed by atoms with van der Waals surface area (Å²) in [6, 6.07) is 17.3. The molecule has 0 radical (unpaired) electrons.